The van der Waals surface area contributed by atoms with Gasteiger partial charge in [-0.2, -0.15) is 0 Å². The van der Waals surface area contributed by atoms with E-state index in [0.717, 1.165) is 16.9 Å². The normalized spacial score (nSPS) is 12.6. The molecule has 2 nitrogen and oxygen atoms in total. The third-order valence-corrected chi connectivity index (χ3v) is 3.55. The minimum absolute atomic E-state index is 0.0525. The molecule has 2 aromatic rings. The molecule has 0 aliphatic heterocycles. The molecule has 0 saturated carbocycles. The van der Waals surface area contributed by atoms with Gasteiger partial charge in [-0.05, 0) is 60.5 Å². The molecule has 0 radical (unpaired) electrons. The Balaban J connectivity index is 2.15. The van der Waals surface area contributed by atoms with Crippen molar-refractivity contribution in [2.75, 3.05) is 7.11 Å². The van der Waals surface area contributed by atoms with Crippen LogP contribution in [0.5, 0.6) is 5.75 Å². The maximum absolute atomic E-state index is 6.16. The second-order valence-electron chi connectivity index (χ2n) is 4.39. The van der Waals surface area contributed by atoms with E-state index in [1.807, 2.05) is 43.5 Å². The highest BCUT2D eigenvalue weighted by molar-refractivity contribution is 6.33. The van der Waals surface area contributed by atoms with Gasteiger partial charge in [-0.1, -0.05) is 23.2 Å². The van der Waals surface area contributed by atoms with Crippen molar-refractivity contribution in [2.45, 2.75) is 13.0 Å². The van der Waals surface area contributed by atoms with Crippen LogP contribution >= 0.6 is 23.2 Å². The molecule has 0 aromatic heterocycles. The second-order valence-corrected chi connectivity index (χ2v) is 5.24. The molecule has 0 amide bonds. The minimum Gasteiger partial charge on any atom is -0.497 e. The first-order valence-electron chi connectivity index (χ1n) is 6.22. The Labute approximate surface area is 129 Å². The highest BCUT2D eigenvalue weighted by Gasteiger charge is 2.08. The van der Waals surface area contributed by atoms with Crippen LogP contribution in [0.2, 0.25) is 10.0 Å². The van der Waals surface area contributed by atoms with Crippen LogP contribution in [-0.4, -0.2) is 13.3 Å². The minimum atomic E-state index is -0.0525. The summed E-state index contributed by atoms with van der Waals surface area (Å²) in [6.07, 6.45) is 1.82. The van der Waals surface area contributed by atoms with Crippen LogP contribution in [0.1, 0.15) is 24.1 Å². The topological polar surface area (TPSA) is 21.6 Å². The van der Waals surface area contributed by atoms with Crippen LogP contribution in [-0.2, 0) is 0 Å². The number of hydrogen-bond donors (Lipinski definition) is 0. The van der Waals surface area contributed by atoms with Crippen molar-refractivity contribution in [1.29, 1.82) is 0 Å². The van der Waals surface area contributed by atoms with Gasteiger partial charge in [-0.25, -0.2) is 0 Å². The van der Waals surface area contributed by atoms with Crippen molar-refractivity contribution in [1.82, 2.24) is 0 Å². The molecule has 4 heteroatoms. The Morgan fingerprint density at radius 2 is 1.80 bits per heavy atom. The van der Waals surface area contributed by atoms with Crippen molar-refractivity contribution in [2.24, 2.45) is 4.99 Å². The van der Waals surface area contributed by atoms with E-state index in [2.05, 4.69) is 4.99 Å². The average molecular weight is 308 g/mol. The molecule has 0 heterocycles. The van der Waals surface area contributed by atoms with Crippen LogP contribution in [0.3, 0.4) is 0 Å². The first-order valence-corrected chi connectivity index (χ1v) is 6.98. The lowest BCUT2D eigenvalue weighted by Gasteiger charge is -2.09. The molecular weight excluding hydrogens is 293 g/mol. The number of halogens is 2. The summed E-state index contributed by atoms with van der Waals surface area (Å²) in [5, 5.41) is 1.34. The summed E-state index contributed by atoms with van der Waals surface area (Å²) < 4.78 is 5.12. The Kier molecular flexibility index (Phi) is 5.05. The summed E-state index contributed by atoms with van der Waals surface area (Å²) in [5.74, 6) is 0.827. The SMILES string of the molecule is COc1ccc(/C=N\C(C)c2cc(Cl)ccc2Cl)cc1. The number of ether oxygens (including phenoxy) is 1. The van der Waals surface area contributed by atoms with E-state index >= 15 is 0 Å². The van der Waals surface area contributed by atoms with E-state index in [-0.39, 0.29) is 6.04 Å². The number of hydrogen-bond acceptors (Lipinski definition) is 2. The molecule has 0 saturated heterocycles. The van der Waals surface area contributed by atoms with E-state index in [0.29, 0.717) is 10.0 Å². The van der Waals surface area contributed by atoms with Crippen molar-refractivity contribution >= 4 is 29.4 Å². The summed E-state index contributed by atoms with van der Waals surface area (Å²) in [6, 6.07) is 13.1. The maximum Gasteiger partial charge on any atom is 0.118 e. The third-order valence-electron chi connectivity index (χ3n) is 2.97. The predicted octanol–water partition coefficient (Wildman–Crippen LogP) is 5.18. The summed E-state index contributed by atoms with van der Waals surface area (Å²) in [5.41, 5.74) is 1.93. The Morgan fingerprint density at radius 3 is 2.45 bits per heavy atom. The van der Waals surface area contributed by atoms with Crippen molar-refractivity contribution < 1.29 is 4.74 Å². The van der Waals surface area contributed by atoms with E-state index < -0.39 is 0 Å². The van der Waals surface area contributed by atoms with Crippen LogP contribution in [0.25, 0.3) is 0 Å². The van der Waals surface area contributed by atoms with Crippen LogP contribution in [0.4, 0.5) is 0 Å². The number of benzene rings is 2. The van der Waals surface area contributed by atoms with E-state index in [1.165, 1.54) is 0 Å². The van der Waals surface area contributed by atoms with E-state index in [4.69, 9.17) is 27.9 Å². The fourth-order valence-corrected chi connectivity index (χ4v) is 2.26. The highest BCUT2D eigenvalue weighted by Crippen LogP contribution is 2.28. The number of rotatable bonds is 4. The molecule has 2 rings (SSSR count). The molecule has 104 valence electrons. The van der Waals surface area contributed by atoms with Gasteiger partial charge in [0.1, 0.15) is 5.75 Å². The molecule has 0 aliphatic rings. The number of nitrogens with zero attached hydrogens (tertiary/aromatic N) is 1. The molecule has 0 fully saturated rings. The van der Waals surface area contributed by atoms with E-state index in [9.17, 15) is 0 Å². The van der Waals surface area contributed by atoms with Gasteiger partial charge in [0.05, 0.1) is 13.2 Å². The zero-order valence-electron chi connectivity index (χ0n) is 11.3. The maximum atomic E-state index is 6.16. The van der Waals surface area contributed by atoms with Crippen molar-refractivity contribution in [3.63, 3.8) is 0 Å². The van der Waals surface area contributed by atoms with Gasteiger partial charge in [0.2, 0.25) is 0 Å². The van der Waals surface area contributed by atoms with Gasteiger partial charge in [-0.3, -0.25) is 4.99 Å². The standard InChI is InChI=1S/C16H15Cl2NO/c1-11(15-9-13(17)5-8-16(15)18)19-10-12-3-6-14(20-2)7-4-12/h3-11H,1-2H3/b19-10-. The highest BCUT2D eigenvalue weighted by atomic mass is 35.5. The zero-order valence-corrected chi connectivity index (χ0v) is 12.8. The molecule has 0 aliphatic carbocycles. The van der Waals surface area contributed by atoms with Gasteiger partial charge in [0.15, 0.2) is 0 Å². The first kappa shape index (κ1) is 14.9. The Hall–Kier alpha value is -1.51. The van der Waals surface area contributed by atoms with Gasteiger partial charge < -0.3 is 4.74 Å². The van der Waals surface area contributed by atoms with Gasteiger partial charge in [0.25, 0.3) is 0 Å². The summed E-state index contributed by atoms with van der Waals surface area (Å²) in [4.78, 5) is 4.51. The van der Waals surface area contributed by atoms with Gasteiger partial charge >= 0.3 is 0 Å². The number of aliphatic imine (C=N–C) groups is 1. The fraction of sp³-hybridized carbons (Fsp3) is 0.188. The molecule has 1 unspecified atom stereocenters. The summed E-state index contributed by atoms with van der Waals surface area (Å²) in [7, 11) is 1.65. The molecule has 0 spiro atoms. The largest absolute Gasteiger partial charge is 0.497 e. The Bertz CT molecular complexity index is 608. The van der Waals surface area contributed by atoms with E-state index in [1.54, 1.807) is 19.2 Å². The predicted molar refractivity (Wildman–Crippen MR) is 85.5 cm³/mol. The fourth-order valence-electron chi connectivity index (χ4n) is 1.80. The lowest BCUT2D eigenvalue weighted by Crippen LogP contribution is -1.93. The van der Waals surface area contributed by atoms with Crippen LogP contribution in [0.15, 0.2) is 47.5 Å². The van der Waals surface area contributed by atoms with Crippen molar-refractivity contribution in [3.05, 3.63) is 63.6 Å². The molecule has 1 atom stereocenters. The van der Waals surface area contributed by atoms with Crippen LogP contribution in [0, 0.1) is 0 Å². The van der Waals surface area contributed by atoms with Crippen LogP contribution < -0.4 is 4.74 Å². The monoisotopic (exact) mass is 307 g/mol. The molecule has 0 N–H and O–H groups in total. The lowest BCUT2D eigenvalue weighted by atomic mass is 10.1. The molecular formula is C16H15Cl2NO. The van der Waals surface area contributed by atoms with Gasteiger partial charge in [0, 0.05) is 16.3 Å². The summed E-state index contributed by atoms with van der Waals surface area (Å²) in [6.45, 7) is 1.98. The average Bonchev–Trinajstić information content (AvgIpc) is 2.47. The molecule has 20 heavy (non-hydrogen) atoms. The lowest BCUT2D eigenvalue weighted by molar-refractivity contribution is 0.415. The molecule has 0 bridgehead atoms. The van der Waals surface area contributed by atoms with Crippen molar-refractivity contribution in [3.8, 4) is 5.75 Å². The summed E-state index contributed by atoms with van der Waals surface area (Å²) >= 11 is 12.2. The first-order chi connectivity index (χ1) is 9.60. The van der Waals surface area contributed by atoms with Gasteiger partial charge in [-0.15, -0.1) is 0 Å². The second kappa shape index (κ2) is 6.78. The number of methoxy groups -OCH3 is 1. The quantitative estimate of drug-likeness (QED) is 0.713. The molecule has 2 aromatic carbocycles. The zero-order chi connectivity index (χ0) is 14.5. The third kappa shape index (κ3) is 3.75. The Morgan fingerprint density at radius 1 is 1.10 bits per heavy atom. The smallest absolute Gasteiger partial charge is 0.118 e.